The van der Waals surface area contributed by atoms with Crippen LogP contribution in [0.2, 0.25) is 0 Å². The summed E-state index contributed by atoms with van der Waals surface area (Å²) in [6.45, 7) is 16.6. The molecule has 0 spiro atoms. The number of rotatable bonds is 8. The smallest absolute Gasteiger partial charge is 0.253 e. The lowest BCUT2D eigenvalue weighted by atomic mass is 9.92. The van der Waals surface area contributed by atoms with Gasteiger partial charge in [-0.25, -0.2) is 0 Å². The van der Waals surface area contributed by atoms with Gasteiger partial charge in [0.2, 0.25) is 0 Å². The Balaban J connectivity index is 1.96. The normalized spacial score (nSPS) is 20.6. The monoisotopic (exact) mass is 435 g/mol. The van der Waals surface area contributed by atoms with Gasteiger partial charge in [0.25, 0.3) is 5.91 Å². The minimum absolute atomic E-state index is 0.00281. The Morgan fingerprint density at radius 2 is 1.78 bits per heavy atom. The fraction of sp³-hybridized carbons (Fsp3) is 0.444. The molecule has 1 heterocycles. The number of benzene rings is 2. The van der Waals surface area contributed by atoms with Crippen molar-refractivity contribution < 1.29 is 9.90 Å². The third-order valence-electron chi connectivity index (χ3n) is 6.57. The number of hydrogen-bond acceptors (Lipinski definition) is 4. The van der Waals surface area contributed by atoms with Gasteiger partial charge in [-0.05, 0) is 63.1 Å². The summed E-state index contributed by atoms with van der Waals surface area (Å²) in [7, 11) is 0. The SMILES string of the molecule is C=CCN1C[C@@H](C)N(C(c2ccc(C(=O)N(CC)CC)cc2)c2cccc(O)c2)C[C@@H]1C. The van der Waals surface area contributed by atoms with Crippen molar-refractivity contribution in [3.63, 3.8) is 0 Å². The topological polar surface area (TPSA) is 47.0 Å². The summed E-state index contributed by atoms with van der Waals surface area (Å²) in [6, 6.07) is 16.3. The zero-order valence-electron chi connectivity index (χ0n) is 19.9. The summed E-state index contributed by atoms with van der Waals surface area (Å²) in [4.78, 5) is 19.6. The standard InChI is InChI=1S/C27H37N3O2/c1-6-16-29-18-21(5)30(19-20(29)4)26(24-10-9-11-25(31)17-24)22-12-14-23(15-13-22)27(32)28(7-2)8-3/h6,9-15,17,20-21,26,31H,1,7-8,16,18-19H2,2-5H3/t20-,21+,26?/m0/s1. The van der Waals surface area contributed by atoms with Crippen LogP contribution in [0.4, 0.5) is 0 Å². The van der Waals surface area contributed by atoms with E-state index >= 15 is 0 Å². The summed E-state index contributed by atoms with van der Waals surface area (Å²) >= 11 is 0. The van der Waals surface area contributed by atoms with Crippen LogP contribution in [0.15, 0.2) is 61.2 Å². The van der Waals surface area contributed by atoms with Crippen LogP contribution in [0.1, 0.15) is 55.2 Å². The van der Waals surface area contributed by atoms with E-state index in [2.05, 4.69) is 48.4 Å². The van der Waals surface area contributed by atoms with Crippen LogP contribution in [0, 0.1) is 0 Å². The molecule has 1 fully saturated rings. The zero-order valence-corrected chi connectivity index (χ0v) is 19.9. The number of carbonyl (C=O) groups is 1. The van der Waals surface area contributed by atoms with Crippen molar-refractivity contribution in [1.29, 1.82) is 0 Å². The molecule has 3 atom stereocenters. The Morgan fingerprint density at radius 1 is 1.09 bits per heavy atom. The van der Waals surface area contributed by atoms with Gasteiger partial charge < -0.3 is 10.0 Å². The third kappa shape index (κ3) is 5.22. The van der Waals surface area contributed by atoms with Crippen LogP contribution in [0.5, 0.6) is 5.75 Å². The van der Waals surface area contributed by atoms with E-state index in [1.165, 1.54) is 0 Å². The van der Waals surface area contributed by atoms with E-state index in [1.54, 1.807) is 6.07 Å². The quantitative estimate of drug-likeness (QED) is 0.618. The van der Waals surface area contributed by atoms with Gasteiger partial charge >= 0.3 is 0 Å². The largest absolute Gasteiger partial charge is 0.508 e. The van der Waals surface area contributed by atoms with Gasteiger partial charge in [0.15, 0.2) is 0 Å². The molecule has 2 aromatic carbocycles. The Labute approximate surface area is 193 Å². The second kappa shape index (κ2) is 10.8. The summed E-state index contributed by atoms with van der Waals surface area (Å²) in [6.07, 6.45) is 1.97. The molecule has 1 amide bonds. The summed E-state index contributed by atoms with van der Waals surface area (Å²) in [5.74, 6) is 0.335. The molecule has 0 bridgehead atoms. The number of hydrogen-bond donors (Lipinski definition) is 1. The molecule has 32 heavy (non-hydrogen) atoms. The second-order valence-electron chi connectivity index (χ2n) is 8.73. The highest BCUT2D eigenvalue weighted by atomic mass is 16.3. The van der Waals surface area contributed by atoms with Crippen molar-refractivity contribution in [2.24, 2.45) is 0 Å². The van der Waals surface area contributed by atoms with Crippen LogP contribution in [-0.4, -0.2) is 70.5 Å². The van der Waals surface area contributed by atoms with Gasteiger partial charge in [-0.2, -0.15) is 0 Å². The van der Waals surface area contributed by atoms with E-state index in [0.717, 1.165) is 30.8 Å². The van der Waals surface area contributed by atoms with Gasteiger partial charge in [-0.3, -0.25) is 14.6 Å². The first-order chi connectivity index (χ1) is 15.4. The van der Waals surface area contributed by atoms with E-state index in [0.29, 0.717) is 30.7 Å². The lowest BCUT2D eigenvalue weighted by Gasteiger charge is -2.47. The summed E-state index contributed by atoms with van der Waals surface area (Å²) < 4.78 is 0. The van der Waals surface area contributed by atoms with Crippen LogP contribution in [0.3, 0.4) is 0 Å². The zero-order chi connectivity index (χ0) is 23.3. The third-order valence-corrected chi connectivity index (χ3v) is 6.57. The van der Waals surface area contributed by atoms with Gasteiger partial charge in [0, 0.05) is 50.4 Å². The number of aromatic hydroxyl groups is 1. The van der Waals surface area contributed by atoms with Crippen molar-refractivity contribution in [3.05, 3.63) is 77.9 Å². The predicted molar refractivity (Wildman–Crippen MR) is 131 cm³/mol. The van der Waals surface area contributed by atoms with Gasteiger partial charge in [-0.1, -0.05) is 30.3 Å². The second-order valence-corrected chi connectivity index (χ2v) is 8.73. The lowest BCUT2D eigenvalue weighted by molar-refractivity contribution is 0.0306. The highest BCUT2D eigenvalue weighted by Crippen LogP contribution is 2.34. The highest BCUT2D eigenvalue weighted by Gasteiger charge is 2.34. The van der Waals surface area contributed by atoms with E-state index in [4.69, 9.17) is 0 Å². The van der Waals surface area contributed by atoms with E-state index in [1.807, 2.05) is 49.1 Å². The minimum atomic E-state index is 0.00281. The van der Waals surface area contributed by atoms with Gasteiger partial charge in [0.05, 0.1) is 6.04 Å². The molecule has 0 radical (unpaired) electrons. The lowest BCUT2D eigenvalue weighted by Crippen LogP contribution is -2.57. The van der Waals surface area contributed by atoms with Crippen molar-refractivity contribution in [1.82, 2.24) is 14.7 Å². The molecule has 172 valence electrons. The first kappa shape index (κ1) is 24.0. The highest BCUT2D eigenvalue weighted by molar-refractivity contribution is 5.94. The van der Waals surface area contributed by atoms with E-state index < -0.39 is 0 Å². The molecular formula is C27H37N3O2. The minimum Gasteiger partial charge on any atom is -0.508 e. The van der Waals surface area contributed by atoms with Gasteiger partial charge in [0.1, 0.15) is 5.75 Å². The Kier molecular flexibility index (Phi) is 8.10. The van der Waals surface area contributed by atoms with Crippen molar-refractivity contribution in [3.8, 4) is 5.75 Å². The molecule has 1 aliphatic rings. The average Bonchev–Trinajstić information content (AvgIpc) is 2.78. The molecule has 0 saturated carbocycles. The summed E-state index contributed by atoms with van der Waals surface area (Å²) in [5.41, 5.74) is 2.90. The molecule has 1 saturated heterocycles. The number of nitrogens with zero attached hydrogens (tertiary/aromatic N) is 3. The fourth-order valence-corrected chi connectivity index (χ4v) is 4.78. The first-order valence-electron chi connectivity index (χ1n) is 11.7. The Morgan fingerprint density at radius 3 is 2.38 bits per heavy atom. The first-order valence-corrected chi connectivity index (χ1v) is 11.7. The molecule has 1 unspecified atom stereocenters. The van der Waals surface area contributed by atoms with E-state index in [9.17, 15) is 9.90 Å². The Bertz CT molecular complexity index is 907. The average molecular weight is 436 g/mol. The molecule has 1 aliphatic heterocycles. The number of piperazine rings is 1. The van der Waals surface area contributed by atoms with Crippen molar-refractivity contribution in [2.75, 3.05) is 32.7 Å². The van der Waals surface area contributed by atoms with Crippen LogP contribution < -0.4 is 0 Å². The number of phenolic OH excluding ortho intramolecular Hbond substituents is 1. The van der Waals surface area contributed by atoms with E-state index in [-0.39, 0.29) is 17.7 Å². The number of carbonyl (C=O) groups excluding carboxylic acids is 1. The predicted octanol–water partition coefficient (Wildman–Crippen LogP) is 4.54. The molecule has 5 heteroatoms. The van der Waals surface area contributed by atoms with Crippen molar-refractivity contribution in [2.45, 2.75) is 45.8 Å². The molecule has 1 N–H and O–H groups in total. The number of phenols is 1. The van der Waals surface area contributed by atoms with Crippen LogP contribution in [-0.2, 0) is 0 Å². The van der Waals surface area contributed by atoms with Gasteiger partial charge in [-0.15, -0.1) is 6.58 Å². The molecule has 5 nitrogen and oxygen atoms in total. The molecule has 3 rings (SSSR count). The molecule has 0 aliphatic carbocycles. The van der Waals surface area contributed by atoms with Crippen molar-refractivity contribution >= 4 is 5.91 Å². The summed E-state index contributed by atoms with van der Waals surface area (Å²) in [5, 5.41) is 10.2. The fourth-order valence-electron chi connectivity index (χ4n) is 4.78. The molecule has 2 aromatic rings. The molecular weight excluding hydrogens is 398 g/mol. The maximum absolute atomic E-state index is 12.8. The maximum Gasteiger partial charge on any atom is 0.253 e. The van der Waals surface area contributed by atoms with Crippen LogP contribution >= 0.6 is 0 Å². The number of amides is 1. The maximum atomic E-state index is 12.8. The Hall–Kier alpha value is -2.63. The van der Waals surface area contributed by atoms with Crippen LogP contribution in [0.25, 0.3) is 0 Å². The molecule has 0 aromatic heterocycles.